The molecule has 0 amide bonds. The predicted octanol–water partition coefficient (Wildman–Crippen LogP) is 4.87. The number of nitrogens with zero attached hydrogens (tertiary/aromatic N) is 1. The molecule has 0 unspecified atom stereocenters. The van der Waals surface area contributed by atoms with Crippen LogP contribution in [0.1, 0.15) is 22.1 Å². The van der Waals surface area contributed by atoms with Gasteiger partial charge in [-0.25, -0.2) is 0 Å². The molecule has 0 N–H and O–H groups in total. The van der Waals surface area contributed by atoms with Crippen molar-refractivity contribution in [1.82, 2.24) is 4.57 Å². The quantitative estimate of drug-likeness (QED) is 0.623. The summed E-state index contributed by atoms with van der Waals surface area (Å²) in [6, 6.07) is 12.0. The first-order valence-electron chi connectivity index (χ1n) is 7.22. The van der Waals surface area contributed by atoms with Gasteiger partial charge in [0, 0.05) is 22.2 Å². The van der Waals surface area contributed by atoms with E-state index in [1.807, 2.05) is 12.1 Å². The number of rotatable bonds is 4. The van der Waals surface area contributed by atoms with Gasteiger partial charge in [0.1, 0.15) is 5.75 Å². The van der Waals surface area contributed by atoms with Crippen LogP contribution in [0.2, 0.25) is 10.0 Å². The summed E-state index contributed by atoms with van der Waals surface area (Å²) in [6.45, 7) is 1.63. The minimum Gasteiger partial charge on any atom is -0.479 e. The largest absolute Gasteiger partial charge is 0.479 e. The number of aromatic nitrogens is 1. The Labute approximate surface area is 148 Å². The summed E-state index contributed by atoms with van der Waals surface area (Å²) < 4.78 is 7.08. The number of hydrogen-bond acceptors (Lipinski definition) is 3. The van der Waals surface area contributed by atoms with E-state index < -0.39 is 6.10 Å². The SMILES string of the molecule is C[C@@H](Oc1ccc(Cl)cc1Cl)C(=O)n1cc(C=O)c2ccccc21. The molecule has 3 rings (SSSR count). The molecule has 0 aliphatic carbocycles. The minimum atomic E-state index is -0.793. The van der Waals surface area contributed by atoms with Gasteiger partial charge in [-0.05, 0) is 31.2 Å². The van der Waals surface area contributed by atoms with Crippen LogP contribution in [0.5, 0.6) is 5.75 Å². The molecule has 0 bridgehead atoms. The lowest BCUT2D eigenvalue weighted by Crippen LogP contribution is -2.28. The average molecular weight is 362 g/mol. The Morgan fingerprint density at radius 2 is 1.96 bits per heavy atom. The van der Waals surface area contributed by atoms with Crippen molar-refractivity contribution in [2.75, 3.05) is 0 Å². The summed E-state index contributed by atoms with van der Waals surface area (Å²) >= 11 is 11.9. The Kier molecular flexibility index (Phi) is 4.60. The van der Waals surface area contributed by atoms with E-state index in [2.05, 4.69) is 0 Å². The minimum absolute atomic E-state index is 0.301. The van der Waals surface area contributed by atoms with Crippen LogP contribution in [0.25, 0.3) is 10.9 Å². The molecule has 0 saturated heterocycles. The van der Waals surface area contributed by atoms with Gasteiger partial charge in [0.15, 0.2) is 12.4 Å². The van der Waals surface area contributed by atoms with Crippen molar-refractivity contribution in [2.45, 2.75) is 13.0 Å². The first-order valence-corrected chi connectivity index (χ1v) is 7.98. The fourth-order valence-electron chi connectivity index (χ4n) is 2.49. The molecule has 1 heterocycles. The number of ether oxygens (including phenoxy) is 1. The standard InChI is InChI=1S/C18H13Cl2NO3/c1-11(24-17-7-6-13(19)8-15(17)20)18(23)21-9-12(10-22)14-4-2-3-5-16(14)21/h2-11H,1H3/t11-/m1/s1. The van der Waals surface area contributed by atoms with Crippen LogP contribution in [0.4, 0.5) is 0 Å². The van der Waals surface area contributed by atoms with Crippen molar-refractivity contribution in [2.24, 2.45) is 0 Å². The van der Waals surface area contributed by atoms with Gasteiger partial charge >= 0.3 is 0 Å². The summed E-state index contributed by atoms with van der Waals surface area (Å²) in [5.41, 5.74) is 1.11. The van der Waals surface area contributed by atoms with Gasteiger partial charge in [0.2, 0.25) is 0 Å². The zero-order valence-electron chi connectivity index (χ0n) is 12.7. The van der Waals surface area contributed by atoms with Gasteiger partial charge in [-0.1, -0.05) is 41.4 Å². The van der Waals surface area contributed by atoms with Crippen molar-refractivity contribution in [3.8, 4) is 5.75 Å². The van der Waals surface area contributed by atoms with E-state index in [1.54, 1.807) is 37.3 Å². The van der Waals surface area contributed by atoms with E-state index >= 15 is 0 Å². The van der Waals surface area contributed by atoms with Crippen LogP contribution >= 0.6 is 23.2 Å². The van der Waals surface area contributed by atoms with Crippen molar-refractivity contribution >= 4 is 46.3 Å². The second-order valence-corrected chi connectivity index (χ2v) is 6.11. The molecule has 24 heavy (non-hydrogen) atoms. The highest BCUT2D eigenvalue weighted by Gasteiger charge is 2.21. The third-order valence-electron chi connectivity index (χ3n) is 3.65. The van der Waals surface area contributed by atoms with Crippen molar-refractivity contribution in [3.05, 3.63) is 64.3 Å². The maximum absolute atomic E-state index is 12.7. The van der Waals surface area contributed by atoms with Gasteiger partial charge in [0.25, 0.3) is 5.91 Å². The topological polar surface area (TPSA) is 48.3 Å². The van der Waals surface area contributed by atoms with E-state index in [0.717, 1.165) is 11.7 Å². The molecule has 3 aromatic rings. The first-order chi connectivity index (χ1) is 11.5. The average Bonchev–Trinajstić information content (AvgIpc) is 2.95. The van der Waals surface area contributed by atoms with Crippen LogP contribution in [-0.2, 0) is 0 Å². The Morgan fingerprint density at radius 1 is 1.21 bits per heavy atom. The first kappa shape index (κ1) is 16.6. The third kappa shape index (κ3) is 3.03. The highest BCUT2D eigenvalue weighted by molar-refractivity contribution is 6.35. The molecule has 122 valence electrons. The maximum Gasteiger partial charge on any atom is 0.271 e. The molecule has 6 heteroatoms. The Bertz CT molecular complexity index is 933. The lowest BCUT2D eigenvalue weighted by atomic mass is 10.2. The molecule has 0 fully saturated rings. The number of carbonyl (C=O) groups is 2. The van der Waals surface area contributed by atoms with Gasteiger partial charge in [-0.3, -0.25) is 14.2 Å². The van der Waals surface area contributed by atoms with Crippen LogP contribution < -0.4 is 4.74 Å². The lowest BCUT2D eigenvalue weighted by molar-refractivity contribution is 0.0734. The van der Waals surface area contributed by atoms with E-state index in [4.69, 9.17) is 27.9 Å². The van der Waals surface area contributed by atoms with Crippen LogP contribution in [0.15, 0.2) is 48.7 Å². The smallest absolute Gasteiger partial charge is 0.271 e. The fraction of sp³-hybridized carbons (Fsp3) is 0.111. The monoisotopic (exact) mass is 361 g/mol. The van der Waals surface area contributed by atoms with Crippen LogP contribution in [0.3, 0.4) is 0 Å². The molecule has 0 aliphatic heterocycles. The second-order valence-electron chi connectivity index (χ2n) is 5.26. The molecular formula is C18H13Cl2NO3. The second kappa shape index (κ2) is 6.67. The highest BCUT2D eigenvalue weighted by atomic mass is 35.5. The summed E-state index contributed by atoms with van der Waals surface area (Å²) in [5, 5.41) is 1.53. The molecule has 2 aromatic carbocycles. The van der Waals surface area contributed by atoms with Crippen molar-refractivity contribution < 1.29 is 14.3 Å². The van der Waals surface area contributed by atoms with Gasteiger partial charge in [-0.2, -0.15) is 0 Å². The van der Waals surface area contributed by atoms with E-state index in [0.29, 0.717) is 26.9 Å². The molecule has 1 atom stereocenters. The Hall–Kier alpha value is -2.30. The van der Waals surface area contributed by atoms with Gasteiger partial charge in [0.05, 0.1) is 10.5 Å². The zero-order valence-corrected chi connectivity index (χ0v) is 14.2. The number of carbonyl (C=O) groups excluding carboxylic acids is 2. The summed E-state index contributed by atoms with van der Waals surface area (Å²) in [5.74, 6) is 0.0688. The Balaban J connectivity index is 1.92. The highest BCUT2D eigenvalue weighted by Crippen LogP contribution is 2.29. The van der Waals surface area contributed by atoms with Crippen LogP contribution in [-0.4, -0.2) is 22.9 Å². The maximum atomic E-state index is 12.7. The fourth-order valence-corrected chi connectivity index (χ4v) is 2.94. The number of halogens is 2. The summed E-state index contributed by atoms with van der Waals surface area (Å²) in [4.78, 5) is 23.9. The number of benzene rings is 2. The molecule has 0 saturated carbocycles. The zero-order chi connectivity index (χ0) is 17.3. The molecule has 4 nitrogen and oxygen atoms in total. The number of aldehydes is 1. The van der Waals surface area contributed by atoms with Gasteiger partial charge < -0.3 is 4.74 Å². The third-order valence-corrected chi connectivity index (χ3v) is 4.18. The molecular weight excluding hydrogens is 349 g/mol. The summed E-state index contributed by atoms with van der Waals surface area (Å²) in [7, 11) is 0. The lowest BCUT2D eigenvalue weighted by Gasteiger charge is -2.15. The summed E-state index contributed by atoms with van der Waals surface area (Å²) in [6.07, 6.45) is 1.45. The van der Waals surface area contributed by atoms with E-state index in [1.165, 1.54) is 10.8 Å². The van der Waals surface area contributed by atoms with E-state index in [-0.39, 0.29) is 5.91 Å². The number of para-hydroxylation sites is 1. The van der Waals surface area contributed by atoms with Crippen LogP contribution in [0, 0.1) is 0 Å². The molecule has 0 aliphatic rings. The van der Waals surface area contributed by atoms with Gasteiger partial charge in [-0.15, -0.1) is 0 Å². The normalized spacial score (nSPS) is 12.1. The predicted molar refractivity (Wildman–Crippen MR) is 94.5 cm³/mol. The number of hydrogen-bond donors (Lipinski definition) is 0. The van der Waals surface area contributed by atoms with E-state index in [9.17, 15) is 9.59 Å². The Morgan fingerprint density at radius 3 is 2.67 bits per heavy atom. The molecule has 0 spiro atoms. The van der Waals surface area contributed by atoms with Crippen molar-refractivity contribution in [1.29, 1.82) is 0 Å². The number of fused-ring (bicyclic) bond motifs is 1. The van der Waals surface area contributed by atoms with Crippen molar-refractivity contribution in [3.63, 3.8) is 0 Å². The molecule has 0 radical (unpaired) electrons. The molecule has 1 aromatic heterocycles.